The van der Waals surface area contributed by atoms with Gasteiger partial charge in [0.1, 0.15) is 0 Å². The quantitative estimate of drug-likeness (QED) is 0.642. The van der Waals surface area contributed by atoms with Crippen LogP contribution in [0.2, 0.25) is 0 Å². The molecule has 3 nitrogen and oxygen atoms in total. The Morgan fingerprint density at radius 2 is 2.27 bits per heavy atom. The smallest absolute Gasteiger partial charge is 0.319 e. The van der Waals surface area contributed by atoms with E-state index in [4.69, 9.17) is 0 Å². The fourth-order valence-electron chi connectivity index (χ4n) is 0.772. The number of rotatable bonds is 4. The molecule has 0 radical (unpaired) electrons. The molecule has 4 heteroatoms. The summed E-state index contributed by atoms with van der Waals surface area (Å²) in [6.45, 7) is 1.32. The maximum Gasteiger partial charge on any atom is 0.319 e. The lowest BCUT2D eigenvalue weighted by molar-refractivity contribution is -0.139. The highest BCUT2D eigenvalue weighted by Crippen LogP contribution is 2.27. The maximum absolute atomic E-state index is 10.5. The van der Waals surface area contributed by atoms with Gasteiger partial charge in [0.25, 0.3) is 0 Å². The van der Waals surface area contributed by atoms with Crippen LogP contribution in [0, 0.1) is 5.92 Å². The first kappa shape index (κ1) is 10.7. The summed E-state index contributed by atoms with van der Waals surface area (Å²) in [6.07, 6.45) is 2.63. The van der Waals surface area contributed by atoms with Gasteiger partial charge in [0.05, 0.1) is 13.7 Å². The van der Waals surface area contributed by atoms with E-state index in [1.165, 1.54) is 20.0 Å². The fraction of sp³-hybridized carbons (Fsp3) is 0.857. The average molecular weight is 180 g/mol. The van der Waals surface area contributed by atoms with Crippen LogP contribution in [0.4, 0.5) is 0 Å². The van der Waals surface area contributed by atoms with Crippen molar-refractivity contribution in [3.05, 3.63) is 0 Å². The zero-order chi connectivity index (χ0) is 7.40. The molecule has 1 N–H and O–H groups in total. The molecule has 1 aliphatic carbocycles. The van der Waals surface area contributed by atoms with Gasteiger partial charge in [0, 0.05) is 0 Å². The van der Waals surface area contributed by atoms with E-state index in [1.54, 1.807) is 0 Å². The lowest BCUT2D eigenvalue weighted by atomic mass is 10.4. The van der Waals surface area contributed by atoms with Crippen LogP contribution in [-0.4, -0.2) is 26.2 Å². The van der Waals surface area contributed by atoms with Crippen LogP contribution in [0.1, 0.15) is 12.8 Å². The largest absolute Gasteiger partial charge is 0.468 e. The Kier molecular flexibility index (Phi) is 5.24. The van der Waals surface area contributed by atoms with Crippen LogP contribution in [0.3, 0.4) is 0 Å². The van der Waals surface area contributed by atoms with Gasteiger partial charge in [-0.3, -0.25) is 4.79 Å². The Bertz CT molecular complexity index is 126. The number of hydrogen-bond acceptors (Lipinski definition) is 3. The van der Waals surface area contributed by atoms with E-state index in [-0.39, 0.29) is 18.4 Å². The lowest BCUT2D eigenvalue weighted by Crippen LogP contribution is -2.25. The predicted octanol–water partition coefficient (Wildman–Crippen LogP) is 0.581. The summed E-state index contributed by atoms with van der Waals surface area (Å²) in [5.74, 6) is 0.644. The number of hydrogen-bond donors (Lipinski definition) is 1. The molecule has 0 unspecified atom stereocenters. The number of nitrogens with one attached hydrogen (secondary N) is 1. The molecule has 0 aromatic heterocycles. The van der Waals surface area contributed by atoms with Crippen molar-refractivity contribution < 1.29 is 9.53 Å². The molecule has 0 spiro atoms. The second-order valence-corrected chi connectivity index (χ2v) is 2.65. The van der Waals surface area contributed by atoms with Crippen molar-refractivity contribution in [2.24, 2.45) is 5.92 Å². The van der Waals surface area contributed by atoms with Gasteiger partial charge in [0.15, 0.2) is 0 Å². The second-order valence-electron chi connectivity index (χ2n) is 2.65. The highest BCUT2D eigenvalue weighted by molar-refractivity contribution is 5.85. The molecule has 0 aliphatic heterocycles. The van der Waals surface area contributed by atoms with E-state index < -0.39 is 0 Å². The van der Waals surface area contributed by atoms with E-state index in [1.807, 2.05) is 0 Å². The van der Waals surface area contributed by atoms with E-state index in [2.05, 4.69) is 10.1 Å². The minimum atomic E-state index is -0.180. The van der Waals surface area contributed by atoms with E-state index in [0.29, 0.717) is 6.54 Å². The van der Waals surface area contributed by atoms with Gasteiger partial charge < -0.3 is 10.1 Å². The number of halogens is 1. The summed E-state index contributed by atoms with van der Waals surface area (Å²) >= 11 is 0. The molecule has 1 saturated carbocycles. The van der Waals surface area contributed by atoms with Crippen molar-refractivity contribution in [3.63, 3.8) is 0 Å². The lowest BCUT2D eigenvalue weighted by Gasteiger charge is -1.99. The van der Waals surface area contributed by atoms with E-state index in [9.17, 15) is 4.79 Å². The van der Waals surface area contributed by atoms with Gasteiger partial charge in [-0.25, -0.2) is 0 Å². The Morgan fingerprint density at radius 3 is 2.73 bits per heavy atom. The molecule has 1 aliphatic rings. The topological polar surface area (TPSA) is 38.3 Å². The van der Waals surface area contributed by atoms with Crippen molar-refractivity contribution in [3.8, 4) is 0 Å². The Hall–Kier alpha value is -0.280. The van der Waals surface area contributed by atoms with Crippen LogP contribution in [-0.2, 0) is 9.53 Å². The summed E-state index contributed by atoms with van der Waals surface area (Å²) in [5.41, 5.74) is 0. The standard InChI is InChI=1S/C7H13NO2.ClH/c1-10-7(9)5-8-4-6-2-3-6;/h6,8H,2-5H2,1H3;1H. The maximum atomic E-state index is 10.5. The Balaban J connectivity index is 0.000001000. The molecular formula is C7H14ClNO2. The molecule has 0 bridgehead atoms. The first-order chi connectivity index (χ1) is 4.83. The summed E-state index contributed by atoms with van der Waals surface area (Å²) in [7, 11) is 1.40. The third-order valence-electron chi connectivity index (χ3n) is 1.63. The summed E-state index contributed by atoms with van der Waals surface area (Å²) < 4.78 is 4.45. The molecule has 0 aromatic carbocycles. The molecule has 0 atom stereocenters. The van der Waals surface area contributed by atoms with Crippen molar-refractivity contribution in [2.45, 2.75) is 12.8 Å². The van der Waals surface area contributed by atoms with Crippen LogP contribution in [0.5, 0.6) is 0 Å². The van der Waals surface area contributed by atoms with Crippen LogP contribution in [0.25, 0.3) is 0 Å². The predicted molar refractivity (Wildman–Crippen MR) is 44.9 cm³/mol. The van der Waals surface area contributed by atoms with Crippen LogP contribution >= 0.6 is 12.4 Å². The minimum Gasteiger partial charge on any atom is -0.468 e. The summed E-state index contributed by atoms with van der Waals surface area (Å²) in [6, 6.07) is 0. The summed E-state index contributed by atoms with van der Waals surface area (Å²) in [5, 5.41) is 3.02. The van der Waals surface area contributed by atoms with Crippen molar-refractivity contribution in [1.29, 1.82) is 0 Å². The number of carbonyl (C=O) groups excluding carboxylic acids is 1. The first-order valence-corrected chi connectivity index (χ1v) is 3.60. The number of carbonyl (C=O) groups is 1. The van der Waals surface area contributed by atoms with Gasteiger partial charge in [-0.15, -0.1) is 12.4 Å². The second kappa shape index (κ2) is 5.38. The third kappa shape index (κ3) is 5.04. The Morgan fingerprint density at radius 1 is 1.64 bits per heavy atom. The molecule has 11 heavy (non-hydrogen) atoms. The average Bonchev–Trinajstić information content (AvgIpc) is 2.71. The highest BCUT2D eigenvalue weighted by Gasteiger charge is 2.20. The number of ether oxygens (including phenoxy) is 1. The minimum absolute atomic E-state index is 0. The SMILES string of the molecule is COC(=O)CNCC1CC1.Cl. The van der Waals surface area contributed by atoms with Crippen molar-refractivity contribution in [1.82, 2.24) is 5.32 Å². The van der Waals surface area contributed by atoms with Crippen molar-refractivity contribution >= 4 is 18.4 Å². The van der Waals surface area contributed by atoms with Gasteiger partial charge >= 0.3 is 5.97 Å². The van der Waals surface area contributed by atoms with Gasteiger partial charge in [-0.1, -0.05) is 0 Å². The Labute approximate surface area is 72.9 Å². The zero-order valence-corrected chi connectivity index (χ0v) is 7.45. The van der Waals surface area contributed by atoms with Crippen LogP contribution < -0.4 is 5.32 Å². The number of methoxy groups -OCH3 is 1. The van der Waals surface area contributed by atoms with E-state index in [0.717, 1.165) is 12.5 Å². The zero-order valence-electron chi connectivity index (χ0n) is 6.63. The van der Waals surface area contributed by atoms with Crippen LogP contribution in [0.15, 0.2) is 0 Å². The first-order valence-electron chi connectivity index (χ1n) is 3.60. The molecule has 66 valence electrons. The fourth-order valence-corrected chi connectivity index (χ4v) is 0.772. The highest BCUT2D eigenvalue weighted by atomic mass is 35.5. The monoisotopic (exact) mass is 179 g/mol. The molecule has 0 aromatic rings. The molecular weight excluding hydrogens is 166 g/mol. The van der Waals surface area contributed by atoms with Crippen molar-refractivity contribution in [2.75, 3.05) is 20.2 Å². The molecule has 1 rings (SSSR count). The molecule has 0 amide bonds. The molecule has 0 saturated heterocycles. The van der Waals surface area contributed by atoms with E-state index >= 15 is 0 Å². The van der Waals surface area contributed by atoms with Gasteiger partial charge in [-0.2, -0.15) is 0 Å². The molecule has 0 heterocycles. The van der Waals surface area contributed by atoms with Gasteiger partial charge in [0.2, 0.25) is 0 Å². The molecule has 1 fully saturated rings. The third-order valence-corrected chi connectivity index (χ3v) is 1.63. The normalized spacial score (nSPS) is 15.4. The number of esters is 1. The van der Waals surface area contributed by atoms with Gasteiger partial charge in [-0.05, 0) is 25.3 Å². The summed E-state index contributed by atoms with van der Waals surface area (Å²) in [4.78, 5) is 10.5.